The molecular weight excluding hydrogens is 356 g/mol. The van der Waals surface area contributed by atoms with E-state index in [1.54, 1.807) is 26.4 Å². The Morgan fingerprint density at radius 2 is 1.79 bits per heavy atom. The average Bonchev–Trinajstić information content (AvgIpc) is 2.73. The summed E-state index contributed by atoms with van der Waals surface area (Å²) in [6, 6.07) is 12.9. The number of amides is 2. The van der Waals surface area contributed by atoms with Gasteiger partial charge in [-0.3, -0.25) is 9.59 Å². The number of carbonyl (C=O) groups excluding carboxylic acids is 2. The van der Waals surface area contributed by atoms with E-state index in [1.807, 2.05) is 42.2 Å². The van der Waals surface area contributed by atoms with Crippen LogP contribution in [0.2, 0.25) is 0 Å². The maximum atomic E-state index is 12.7. The first-order chi connectivity index (χ1) is 13.5. The molecule has 1 atom stereocenters. The first kappa shape index (κ1) is 19.7. The van der Waals surface area contributed by atoms with Crippen LogP contribution in [0.25, 0.3) is 0 Å². The van der Waals surface area contributed by atoms with Gasteiger partial charge in [-0.1, -0.05) is 18.2 Å². The number of benzene rings is 2. The van der Waals surface area contributed by atoms with E-state index in [2.05, 4.69) is 5.32 Å². The summed E-state index contributed by atoms with van der Waals surface area (Å²) in [6.45, 7) is 2.98. The topological polar surface area (TPSA) is 67.9 Å². The number of rotatable bonds is 6. The van der Waals surface area contributed by atoms with Crippen LogP contribution in [0.3, 0.4) is 0 Å². The Balaban J connectivity index is 1.62. The van der Waals surface area contributed by atoms with Crippen LogP contribution in [0, 0.1) is 0 Å². The van der Waals surface area contributed by atoms with Crippen LogP contribution in [0.4, 0.5) is 0 Å². The zero-order chi connectivity index (χ0) is 20.1. The number of methoxy groups -OCH3 is 2. The number of ether oxygens (including phenoxy) is 2. The molecule has 0 radical (unpaired) electrons. The number of hydrogen-bond acceptors (Lipinski definition) is 4. The Bertz CT molecular complexity index is 851. The van der Waals surface area contributed by atoms with Gasteiger partial charge >= 0.3 is 0 Å². The normalized spacial score (nSPS) is 15.5. The van der Waals surface area contributed by atoms with E-state index in [9.17, 15) is 9.59 Å². The number of fused-ring (bicyclic) bond motifs is 1. The summed E-state index contributed by atoms with van der Waals surface area (Å²) in [5.74, 6) is 1.23. The minimum atomic E-state index is -0.165. The summed E-state index contributed by atoms with van der Waals surface area (Å²) in [4.78, 5) is 26.7. The SMILES string of the molecule is COc1cc2c(cc1OC)C(C)N(C(=O)CCNC(=O)c1ccccc1)CC2. The smallest absolute Gasteiger partial charge is 0.251 e. The van der Waals surface area contributed by atoms with Gasteiger partial charge in [0.05, 0.1) is 20.3 Å². The van der Waals surface area contributed by atoms with Gasteiger partial charge < -0.3 is 19.7 Å². The lowest BCUT2D eigenvalue weighted by molar-refractivity contribution is -0.133. The van der Waals surface area contributed by atoms with Gasteiger partial charge in [-0.2, -0.15) is 0 Å². The molecule has 2 aromatic rings. The number of nitrogens with one attached hydrogen (secondary N) is 1. The van der Waals surface area contributed by atoms with Crippen molar-refractivity contribution in [2.75, 3.05) is 27.3 Å². The third kappa shape index (κ3) is 4.11. The molecule has 1 unspecified atom stereocenters. The first-order valence-electron chi connectivity index (χ1n) is 9.42. The lowest BCUT2D eigenvalue weighted by Gasteiger charge is -2.36. The third-order valence-electron chi connectivity index (χ3n) is 5.17. The summed E-state index contributed by atoms with van der Waals surface area (Å²) in [7, 11) is 3.23. The molecule has 1 aliphatic rings. The maximum Gasteiger partial charge on any atom is 0.251 e. The molecule has 6 nitrogen and oxygen atoms in total. The van der Waals surface area contributed by atoms with Gasteiger partial charge in [0.15, 0.2) is 11.5 Å². The van der Waals surface area contributed by atoms with E-state index in [-0.39, 0.29) is 24.3 Å². The van der Waals surface area contributed by atoms with Gasteiger partial charge in [0, 0.05) is 25.1 Å². The second kappa shape index (κ2) is 8.78. The van der Waals surface area contributed by atoms with Crippen LogP contribution in [-0.4, -0.2) is 44.0 Å². The van der Waals surface area contributed by atoms with Gasteiger partial charge in [-0.15, -0.1) is 0 Å². The zero-order valence-corrected chi connectivity index (χ0v) is 16.5. The molecule has 0 bridgehead atoms. The predicted octanol–water partition coefficient (Wildman–Crippen LogP) is 2.97. The Morgan fingerprint density at radius 3 is 2.46 bits per heavy atom. The molecule has 0 saturated carbocycles. The number of nitrogens with zero attached hydrogens (tertiary/aromatic N) is 1. The molecule has 1 aliphatic heterocycles. The highest BCUT2D eigenvalue weighted by Crippen LogP contribution is 2.37. The van der Waals surface area contributed by atoms with Crippen LogP contribution < -0.4 is 14.8 Å². The van der Waals surface area contributed by atoms with Crippen molar-refractivity contribution in [1.29, 1.82) is 0 Å². The molecule has 6 heteroatoms. The first-order valence-corrected chi connectivity index (χ1v) is 9.42. The van der Waals surface area contributed by atoms with Crippen molar-refractivity contribution in [1.82, 2.24) is 10.2 Å². The second-order valence-electron chi connectivity index (χ2n) is 6.79. The van der Waals surface area contributed by atoms with Crippen LogP contribution in [0.5, 0.6) is 11.5 Å². The van der Waals surface area contributed by atoms with Gasteiger partial charge in [0.25, 0.3) is 5.91 Å². The Labute approximate surface area is 165 Å². The lowest BCUT2D eigenvalue weighted by Crippen LogP contribution is -2.40. The molecule has 0 aliphatic carbocycles. The molecule has 0 aromatic heterocycles. The monoisotopic (exact) mass is 382 g/mol. The summed E-state index contributed by atoms with van der Waals surface area (Å²) < 4.78 is 10.8. The molecule has 0 saturated heterocycles. The second-order valence-corrected chi connectivity index (χ2v) is 6.79. The molecule has 1 heterocycles. The minimum absolute atomic E-state index is 0.0290. The van der Waals surface area contributed by atoms with Crippen LogP contribution >= 0.6 is 0 Å². The van der Waals surface area contributed by atoms with Crippen molar-refractivity contribution in [3.8, 4) is 11.5 Å². The van der Waals surface area contributed by atoms with Crippen molar-refractivity contribution in [2.24, 2.45) is 0 Å². The zero-order valence-electron chi connectivity index (χ0n) is 16.5. The highest BCUT2D eigenvalue weighted by Gasteiger charge is 2.28. The Morgan fingerprint density at radius 1 is 1.11 bits per heavy atom. The Kier molecular flexibility index (Phi) is 6.19. The highest BCUT2D eigenvalue weighted by atomic mass is 16.5. The van der Waals surface area contributed by atoms with E-state index >= 15 is 0 Å². The molecule has 28 heavy (non-hydrogen) atoms. The average molecular weight is 382 g/mol. The fraction of sp³-hybridized carbons (Fsp3) is 0.364. The van der Waals surface area contributed by atoms with Gasteiger partial charge in [-0.25, -0.2) is 0 Å². The Hall–Kier alpha value is -3.02. The minimum Gasteiger partial charge on any atom is -0.493 e. The fourth-order valence-corrected chi connectivity index (χ4v) is 3.60. The van der Waals surface area contributed by atoms with E-state index in [4.69, 9.17) is 9.47 Å². The molecule has 2 amide bonds. The lowest BCUT2D eigenvalue weighted by atomic mass is 9.92. The summed E-state index contributed by atoms with van der Waals surface area (Å²) >= 11 is 0. The molecule has 1 N–H and O–H groups in total. The number of carbonyl (C=O) groups is 2. The molecule has 148 valence electrons. The van der Waals surface area contributed by atoms with Gasteiger partial charge in [0.1, 0.15) is 0 Å². The molecule has 0 spiro atoms. The maximum absolute atomic E-state index is 12.7. The fourth-order valence-electron chi connectivity index (χ4n) is 3.60. The van der Waals surface area contributed by atoms with E-state index in [0.29, 0.717) is 30.2 Å². The number of hydrogen-bond donors (Lipinski definition) is 1. The van der Waals surface area contributed by atoms with E-state index < -0.39 is 0 Å². The third-order valence-corrected chi connectivity index (χ3v) is 5.17. The van der Waals surface area contributed by atoms with Crippen molar-refractivity contribution in [2.45, 2.75) is 25.8 Å². The van der Waals surface area contributed by atoms with E-state index in [0.717, 1.165) is 12.0 Å². The van der Waals surface area contributed by atoms with Crippen molar-refractivity contribution in [3.63, 3.8) is 0 Å². The van der Waals surface area contributed by atoms with Crippen molar-refractivity contribution < 1.29 is 19.1 Å². The van der Waals surface area contributed by atoms with Crippen molar-refractivity contribution >= 4 is 11.8 Å². The largest absolute Gasteiger partial charge is 0.493 e. The summed E-state index contributed by atoms with van der Waals surface area (Å²) in [5.41, 5.74) is 2.84. The predicted molar refractivity (Wildman–Crippen MR) is 107 cm³/mol. The molecular formula is C22H26N2O4. The van der Waals surface area contributed by atoms with Gasteiger partial charge in [0.2, 0.25) is 5.91 Å². The molecule has 2 aromatic carbocycles. The van der Waals surface area contributed by atoms with Crippen LogP contribution in [-0.2, 0) is 11.2 Å². The summed E-state index contributed by atoms with van der Waals surface area (Å²) in [6.07, 6.45) is 1.04. The standard InChI is InChI=1S/C22H26N2O4/c1-15-18-14-20(28-3)19(27-2)13-17(18)10-12-24(15)21(25)9-11-23-22(26)16-7-5-4-6-8-16/h4-8,13-15H,9-12H2,1-3H3,(H,23,26). The van der Waals surface area contributed by atoms with E-state index in [1.165, 1.54) is 5.56 Å². The van der Waals surface area contributed by atoms with Crippen LogP contribution in [0.15, 0.2) is 42.5 Å². The molecule has 0 fully saturated rings. The molecule has 3 rings (SSSR count). The summed E-state index contributed by atoms with van der Waals surface area (Å²) in [5, 5.41) is 2.81. The quantitative estimate of drug-likeness (QED) is 0.834. The van der Waals surface area contributed by atoms with Crippen molar-refractivity contribution in [3.05, 3.63) is 59.2 Å². The van der Waals surface area contributed by atoms with Crippen LogP contribution in [0.1, 0.15) is 40.9 Å². The van der Waals surface area contributed by atoms with Gasteiger partial charge in [-0.05, 0) is 48.7 Å². The highest BCUT2D eigenvalue weighted by molar-refractivity contribution is 5.94.